The maximum Gasteiger partial charge on any atom is 0.226 e. The average Bonchev–Trinajstić information content (AvgIpc) is 2.76. The minimum atomic E-state index is -0.225. The lowest BCUT2D eigenvalue weighted by Crippen LogP contribution is -2.53. The second-order valence-electron chi connectivity index (χ2n) is 9.46. The van der Waals surface area contributed by atoms with Crippen molar-refractivity contribution in [2.24, 2.45) is 0 Å². The molecule has 0 unspecified atom stereocenters. The summed E-state index contributed by atoms with van der Waals surface area (Å²) in [5.41, 5.74) is 3.31. The first-order valence-corrected chi connectivity index (χ1v) is 11.8. The van der Waals surface area contributed by atoms with Crippen LogP contribution in [0, 0.1) is 5.82 Å². The summed E-state index contributed by atoms with van der Waals surface area (Å²) in [6, 6.07) is 16.4. The Balaban J connectivity index is 0.00000204. The van der Waals surface area contributed by atoms with E-state index in [2.05, 4.69) is 53.6 Å². The molecule has 0 aliphatic carbocycles. The van der Waals surface area contributed by atoms with Crippen molar-refractivity contribution in [1.82, 2.24) is 15.1 Å². The zero-order valence-corrected chi connectivity index (χ0v) is 21.6. The summed E-state index contributed by atoms with van der Waals surface area (Å²) < 4.78 is 13.1. The molecule has 0 aromatic heterocycles. The lowest BCUT2D eigenvalue weighted by Gasteiger charge is -2.36. The number of piperazine rings is 1. The van der Waals surface area contributed by atoms with Gasteiger partial charge in [-0.3, -0.25) is 9.69 Å². The van der Waals surface area contributed by atoms with Crippen molar-refractivity contribution < 1.29 is 9.18 Å². The topological polar surface area (TPSA) is 47.6 Å². The summed E-state index contributed by atoms with van der Waals surface area (Å²) >= 11 is 0. The second-order valence-corrected chi connectivity index (χ2v) is 9.46. The summed E-state index contributed by atoms with van der Waals surface area (Å²) in [4.78, 5) is 17.3. The summed E-state index contributed by atoms with van der Waals surface area (Å²) in [7, 11) is 0. The number of carbonyl (C=O) groups excluding carboxylic acids is 1. The van der Waals surface area contributed by atoms with E-state index in [4.69, 9.17) is 0 Å². The van der Waals surface area contributed by atoms with Gasteiger partial charge in [-0.05, 0) is 62.1 Å². The van der Waals surface area contributed by atoms with Crippen LogP contribution in [-0.4, -0.2) is 60.0 Å². The van der Waals surface area contributed by atoms with Crippen molar-refractivity contribution in [3.05, 3.63) is 65.5 Å². The van der Waals surface area contributed by atoms with E-state index < -0.39 is 0 Å². The third-order valence-corrected chi connectivity index (χ3v) is 6.48. The van der Waals surface area contributed by atoms with Gasteiger partial charge in [-0.2, -0.15) is 0 Å². The van der Waals surface area contributed by atoms with Crippen molar-refractivity contribution in [2.45, 2.75) is 57.8 Å². The van der Waals surface area contributed by atoms with Gasteiger partial charge < -0.3 is 15.5 Å². The molecule has 188 valence electrons. The number of rotatable bonds is 6. The average molecular weight is 512 g/mol. The molecule has 2 saturated heterocycles. The number of carbonyl (C=O) groups is 1. The first-order valence-electron chi connectivity index (χ1n) is 11.8. The molecular weight excluding hydrogens is 474 g/mol. The van der Waals surface area contributed by atoms with Crippen LogP contribution in [0.15, 0.2) is 48.5 Å². The monoisotopic (exact) mass is 510 g/mol. The molecule has 2 fully saturated rings. The van der Waals surface area contributed by atoms with Crippen molar-refractivity contribution >= 4 is 36.4 Å². The van der Waals surface area contributed by atoms with Crippen molar-refractivity contribution in [2.75, 3.05) is 31.5 Å². The lowest BCUT2D eigenvalue weighted by atomic mass is 10.0. The summed E-state index contributed by atoms with van der Waals surface area (Å²) in [5.74, 6) is -0.0280. The maximum atomic E-state index is 13.1. The van der Waals surface area contributed by atoms with Gasteiger partial charge >= 0.3 is 0 Å². The van der Waals surface area contributed by atoms with Crippen LogP contribution in [0.25, 0.3) is 0 Å². The zero-order valence-electron chi connectivity index (χ0n) is 20.0. The largest absolute Gasteiger partial charge is 0.382 e. The van der Waals surface area contributed by atoms with Crippen molar-refractivity contribution in [3.63, 3.8) is 0 Å². The van der Waals surface area contributed by atoms with Gasteiger partial charge in [0.2, 0.25) is 5.91 Å². The van der Waals surface area contributed by atoms with E-state index in [1.54, 1.807) is 12.1 Å². The Bertz CT molecular complexity index is 879. The Morgan fingerprint density at radius 1 is 0.941 bits per heavy atom. The summed E-state index contributed by atoms with van der Waals surface area (Å²) in [6.07, 6.45) is 2.27. The van der Waals surface area contributed by atoms with Crippen LogP contribution in [0.1, 0.15) is 37.8 Å². The Morgan fingerprint density at radius 3 is 2.09 bits per heavy atom. The number of nitrogens with one attached hydrogen (secondary N) is 2. The van der Waals surface area contributed by atoms with Crippen LogP contribution in [0.5, 0.6) is 0 Å². The van der Waals surface area contributed by atoms with Crippen LogP contribution in [0.2, 0.25) is 0 Å². The molecule has 34 heavy (non-hydrogen) atoms. The Morgan fingerprint density at radius 2 is 1.50 bits per heavy atom. The molecule has 2 aliphatic rings. The predicted octanol–water partition coefficient (Wildman–Crippen LogP) is 4.50. The van der Waals surface area contributed by atoms with Crippen molar-refractivity contribution in [1.29, 1.82) is 0 Å². The Hall–Kier alpha value is -1.86. The highest BCUT2D eigenvalue weighted by atomic mass is 35.5. The van der Waals surface area contributed by atoms with Gasteiger partial charge in [-0.25, -0.2) is 4.39 Å². The number of hydrogen-bond acceptors (Lipinski definition) is 4. The SMILES string of the molecule is C[C@@H]1CN(Cc2ccc(CC(=O)N3CCC(Nc4ccc(F)cc4)CC3)cc2)C[C@H](C)N1.Cl.Cl. The molecule has 2 heterocycles. The zero-order chi connectivity index (χ0) is 22.5. The van der Waals surface area contributed by atoms with Gasteiger partial charge in [0.05, 0.1) is 6.42 Å². The molecule has 2 aromatic rings. The maximum absolute atomic E-state index is 13.1. The Kier molecular flexibility index (Phi) is 11.1. The predicted molar refractivity (Wildman–Crippen MR) is 142 cm³/mol. The van der Waals surface area contributed by atoms with Gasteiger partial charge in [0.15, 0.2) is 0 Å². The van der Waals surface area contributed by atoms with E-state index in [0.717, 1.165) is 56.8 Å². The van der Waals surface area contributed by atoms with E-state index in [-0.39, 0.29) is 36.5 Å². The fraction of sp³-hybridized carbons (Fsp3) is 0.500. The van der Waals surface area contributed by atoms with E-state index in [1.165, 1.54) is 17.7 Å². The van der Waals surface area contributed by atoms with E-state index in [1.807, 2.05) is 4.90 Å². The quantitative estimate of drug-likeness (QED) is 0.600. The van der Waals surface area contributed by atoms with Gasteiger partial charge in [-0.1, -0.05) is 24.3 Å². The molecular formula is C26H37Cl2FN4O. The smallest absolute Gasteiger partial charge is 0.226 e. The molecule has 2 aromatic carbocycles. The highest BCUT2D eigenvalue weighted by Gasteiger charge is 2.23. The number of anilines is 1. The number of halogens is 3. The second kappa shape index (κ2) is 13.3. The van der Waals surface area contributed by atoms with Crippen LogP contribution in [-0.2, 0) is 17.8 Å². The number of piperidine rings is 1. The van der Waals surface area contributed by atoms with Gasteiger partial charge in [0.25, 0.3) is 0 Å². The summed E-state index contributed by atoms with van der Waals surface area (Å²) in [5, 5.41) is 7.02. The fourth-order valence-corrected chi connectivity index (χ4v) is 4.93. The third kappa shape index (κ3) is 8.12. The minimum absolute atomic E-state index is 0. The van der Waals surface area contributed by atoms with Crippen LogP contribution in [0.3, 0.4) is 0 Å². The standard InChI is InChI=1S/C26H35FN4O.2ClH/c1-19-16-30(17-20(2)28-19)18-22-5-3-21(4-6-22)15-26(32)31-13-11-25(12-14-31)29-24-9-7-23(27)8-10-24;;/h3-10,19-20,25,28-29H,11-18H2,1-2H3;2*1H/t19-,20+;;. The molecule has 4 rings (SSSR count). The van der Waals surface area contributed by atoms with Crippen molar-refractivity contribution in [3.8, 4) is 0 Å². The van der Waals surface area contributed by atoms with Gasteiger partial charge in [-0.15, -0.1) is 24.8 Å². The van der Waals surface area contributed by atoms with E-state index in [0.29, 0.717) is 24.5 Å². The number of nitrogens with zero attached hydrogens (tertiary/aromatic N) is 2. The molecule has 2 aliphatic heterocycles. The highest BCUT2D eigenvalue weighted by Crippen LogP contribution is 2.18. The normalized spacial score (nSPS) is 21.3. The fourth-order valence-electron chi connectivity index (χ4n) is 4.93. The molecule has 2 N–H and O–H groups in total. The first kappa shape index (κ1) is 28.4. The van der Waals surface area contributed by atoms with Gasteiger partial charge in [0.1, 0.15) is 5.82 Å². The number of amides is 1. The molecule has 1 amide bonds. The van der Waals surface area contributed by atoms with Crippen LogP contribution in [0.4, 0.5) is 10.1 Å². The van der Waals surface area contributed by atoms with Crippen LogP contribution >= 0.6 is 24.8 Å². The molecule has 2 atom stereocenters. The highest BCUT2D eigenvalue weighted by molar-refractivity contribution is 5.85. The van der Waals surface area contributed by atoms with E-state index in [9.17, 15) is 9.18 Å². The van der Waals surface area contributed by atoms with Gasteiger partial charge in [0, 0.05) is 56.5 Å². The molecule has 0 radical (unpaired) electrons. The Labute approximate surface area is 215 Å². The lowest BCUT2D eigenvalue weighted by molar-refractivity contribution is -0.131. The number of likely N-dealkylation sites (tertiary alicyclic amines) is 1. The number of benzene rings is 2. The molecule has 8 heteroatoms. The van der Waals surface area contributed by atoms with Crippen LogP contribution < -0.4 is 10.6 Å². The first-order chi connectivity index (χ1) is 15.4. The third-order valence-electron chi connectivity index (χ3n) is 6.48. The molecule has 0 spiro atoms. The molecule has 5 nitrogen and oxygen atoms in total. The number of hydrogen-bond donors (Lipinski definition) is 2. The molecule has 0 saturated carbocycles. The minimum Gasteiger partial charge on any atom is -0.382 e. The van der Waals surface area contributed by atoms with E-state index >= 15 is 0 Å². The summed E-state index contributed by atoms with van der Waals surface area (Å²) in [6.45, 7) is 9.08. The molecule has 0 bridgehead atoms.